The van der Waals surface area contributed by atoms with E-state index in [0.29, 0.717) is 23.4 Å². The van der Waals surface area contributed by atoms with Gasteiger partial charge in [0.05, 0.1) is 5.56 Å². The van der Waals surface area contributed by atoms with Crippen LogP contribution < -0.4 is 11.1 Å². The van der Waals surface area contributed by atoms with E-state index < -0.39 is 11.7 Å². The summed E-state index contributed by atoms with van der Waals surface area (Å²) in [6.45, 7) is 1.91. The van der Waals surface area contributed by atoms with Gasteiger partial charge in [0.2, 0.25) is 0 Å². The molecule has 5 nitrogen and oxygen atoms in total. The molecular weight excluding hydrogens is 271 g/mol. The van der Waals surface area contributed by atoms with Crippen LogP contribution in [0.5, 0.6) is 0 Å². The fourth-order valence-electron chi connectivity index (χ4n) is 1.82. The Balaban J connectivity index is 2.26. The van der Waals surface area contributed by atoms with Gasteiger partial charge in [0.1, 0.15) is 17.7 Å². The maximum Gasteiger partial charge on any atom is 0.255 e. The van der Waals surface area contributed by atoms with Crippen LogP contribution in [0, 0.1) is 17.1 Å². The Bertz CT molecular complexity index is 737. The number of nitrogens with zero attached hydrogens (tertiary/aromatic N) is 2. The Kier molecular flexibility index (Phi) is 4.14. The van der Waals surface area contributed by atoms with E-state index in [1.165, 1.54) is 18.2 Å². The molecule has 0 aliphatic carbocycles. The quantitative estimate of drug-likeness (QED) is 0.905. The standard InChI is InChI=1S/C15H13FN4O/c1-2-11-5-9(7-14(18)19-11)15(21)20-12-3-4-13(16)10(6-12)8-17/h3-7H,2H2,1H3,(H2,18,19)(H,20,21). The summed E-state index contributed by atoms with van der Waals surface area (Å²) in [7, 11) is 0. The first-order valence-corrected chi connectivity index (χ1v) is 6.31. The molecule has 2 aromatic rings. The van der Waals surface area contributed by atoms with Crippen molar-refractivity contribution >= 4 is 17.4 Å². The van der Waals surface area contributed by atoms with Crippen LogP contribution in [-0.2, 0) is 6.42 Å². The molecule has 2 rings (SSSR count). The fourth-order valence-corrected chi connectivity index (χ4v) is 1.82. The lowest BCUT2D eigenvalue weighted by atomic mass is 10.1. The Morgan fingerprint density at radius 1 is 1.43 bits per heavy atom. The Labute approximate surface area is 121 Å². The Morgan fingerprint density at radius 2 is 2.19 bits per heavy atom. The molecule has 0 saturated carbocycles. The van der Waals surface area contributed by atoms with Crippen LogP contribution in [0.25, 0.3) is 0 Å². The molecule has 1 aromatic heterocycles. The van der Waals surface area contributed by atoms with Crippen LogP contribution in [-0.4, -0.2) is 10.9 Å². The number of nitrogens with two attached hydrogens (primary N) is 1. The van der Waals surface area contributed by atoms with E-state index in [0.717, 1.165) is 6.07 Å². The van der Waals surface area contributed by atoms with Crippen molar-refractivity contribution in [2.24, 2.45) is 0 Å². The highest BCUT2D eigenvalue weighted by Crippen LogP contribution is 2.16. The summed E-state index contributed by atoms with van der Waals surface area (Å²) in [5.74, 6) is -0.762. The summed E-state index contributed by atoms with van der Waals surface area (Å²) in [5.41, 5.74) is 6.93. The van der Waals surface area contributed by atoms with Crippen molar-refractivity contribution in [3.63, 3.8) is 0 Å². The van der Waals surface area contributed by atoms with Crippen molar-refractivity contribution in [3.8, 4) is 6.07 Å². The van der Waals surface area contributed by atoms with Crippen molar-refractivity contribution in [3.05, 3.63) is 53.0 Å². The maximum atomic E-state index is 13.2. The zero-order valence-corrected chi connectivity index (χ0v) is 11.4. The van der Waals surface area contributed by atoms with Gasteiger partial charge in [-0.3, -0.25) is 4.79 Å². The second-order valence-electron chi connectivity index (χ2n) is 4.39. The predicted molar refractivity (Wildman–Crippen MR) is 77.1 cm³/mol. The number of nitrogens with one attached hydrogen (secondary N) is 1. The summed E-state index contributed by atoms with van der Waals surface area (Å²) in [5, 5.41) is 11.4. The van der Waals surface area contributed by atoms with Gasteiger partial charge in [0, 0.05) is 16.9 Å². The normalized spacial score (nSPS) is 9.95. The summed E-state index contributed by atoms with van der Waals surface area (Å²) < 4.78 is 13.2. The van der Waals surface area contributed by atoms with E-state index in [4.69, 9.17) is 11.0 Å². The zero-order chi connectivity index (χ0) is 15.4. The number of aromatic nitrogens is 1. The number of halogens is 1. The molecule has 1 aromatic carbocycles. The summed E-state index contributed by atoms with van der Waals surface area (Å²) >= 11 is 0. The number of amides is 1. The van der Waals surface area contributed by atoms with E-state index >= 15 is 0 Å². The summed E-state index contributed by atoms with van der Waals surface area (Å²) in [6.07, 6.45) is 0.653. The molecule has 3 N–H and O–H groups in total. The molecule has 1 heterocycles. The van der Waals surface area contributed by atoms with Gasteiger partial charge in [-0.2, -0.15) is 5.26 Å². The molecule has 6 heteroatoms. The van der Waals surface area contributed by atoms with Crippen LogP contribution in [0.2, 0.25) is 0 Å². The lowest BCUT2D eigenvalue weighted by Crippen LogP contribution is -2.13. The number of anilines is 2. The van der Waals surface area contributed by atoms with Gasteiger partial charge in [-0.15, -0.1) is 0 Å². The molecule has 0 radical (unpaired) electrons. The van der Waals surface area contributed by atoms with Gasteiger partial charge in [-0.1, -0.05) is 6.92 Å². The minimum Gasteiger partial charge on any atom is -0.384 e. The molecular formula is C15H13FN4O. The van der Waals surface area contributed by atoms with Gasteiger partial charge in [0.25, 0.3) is 5.91 Å². The lowest BCUT2D eigenvalue weighted by molar-refractivity contribution is 0.102. The van der Waals surface area contributed by atoms with Gasteiger partial charge in [-0.05, 0) is 36.8 Å². The molecule has 0 saturated heterocycles. The molecule has 0 atom stereocenters. The SMILES string of the molecule is CCc1cc(C(=O)Nc2ccc(F)c(C#N)c2)cc(N)n1. The minimum atomic E-state index is -0.628. The first-order valence-electron chi connectivity index (χ1n) is 6.31. The van der Waals surface area contributed by atoms with E-state index in [1.807, 2.05) is 6.92 Å². The molecule has 1 amide bonds. The van der Waals surface area contributed by atoms with Gasteiger partial charge < -0.3 is 11.1 Å². The average molecular weight is 284 g/mol. The van der Waals surface area contributed by atoms with Gasteiger partial charge >= 0.3 is 0 Å². The predicted octanol–water partition coefficient (Wildman–Crippen LogP) is 2.49. The smallest absolute Gasteiger partial charge is 0.255 e. The van der Waals surface area contributed by atoms with Crippen molar-refractivity contribution in [2.45, 2.75) is 13.3 Å². The van der Waals surface area contributed by atoms with Crippen molar-refractivity contribution in [2.75, 3.05) is 11.1 Å². The molecule has 0 unspecified atom stereocenters. The second-order valence-corrected chi connectivity index (χ2v) is 4.39. The monoisotopic (exact) mass is 284 g/mol. The number of nitrogen functional groups attached to an aromatic ring is 1. The maximum absolute atomic E-state index is 13.2. The highest BCUT2D eigenvalue weighted by molar-refractivity contribution is 6.04. The van der Waals surface area contributed by atoms with E-state index in [9.17, 15) is 9.18 Å². The number of hydrogen-bond donors (Lipinski definition) is 2. The second kappa shape index (κ2) is 6.01. The van der Waals surface area contributed by atoms with Gasteiger partial charge in [-0.25, -0.2) is 9.37 Å². The largest absolute Gasteiger partial charge is 0.384 e. The Hall–Kier alpha value is -2.94. The van der Waals surface area contributed by atoms with Crippen LogP contribution in [0.1, 0.15) is 28.5 Å². The number of carbonyl (C=O) groups excluding carboxylic acids is 1. The van der Waals surface area contributed by atoms with E-state index in [2.05, 4.69) is 10.3 Å². The number of hydrogen-bond acceptors (Lipinski definition) is 4. The number of benzene rings is 1. The van der Waals surface area contributed by atoms with Crippen LogP contribution in [0.15, 0.2) is 30.3 Å². The van der Waals surface area contributed by atoms with Crippen molar-refractivity contribution < 1.29 is 9.18 Å². The third-order valence-electron chi connectivity index (χ3n) is 2.87. The molecule has 0 spiro atoms. The average Bonchev–Trinajstić information content (AvgIpc) is 2.48. The molecule has 0 aliphatic rings. The van der Waals surface area contributed by atoms with Crippen LogP contribution in [0.3, 0.4) is 0 Å². The van der Waals surface area contributed by atoms with Gasteiger partial charge in [0.15, 0.2) is 0 Å². The van der Waals surface area contributed by atoms with Crippen LogP contribution >= 0.6 is 0 Å². The third kappa shape index (κ3) is 3.34. The Morgan fingerprint density at radius 3 is 2.86 bits per heavy atom. The first kappa shape index (κ1) is 14.5. The molecule has 106 valence electrons. The summed E-state index contributed by atoms with van der Waals surface area (Å²) in [4.78, 5) is 16.2. The number of nitriles is 1. The minimum absolute atomic E-state index is 0.128. The number of rotatable bonds is 3. The number of carbonyl (C=O) groups is 1. The van der Waals surface area contributed by atoms with Crippen molar-refractivity contribution in [1.29, 1.82) is 5.26 Å². The lowest BCUT2D eigenvalue weighted by Gasteiger charge is -2.08. The van der Waals surface area contributed by atoms with Crippen molar-refractivity contribution in [1.82, 2.24) is 4.98 Å². The molecule has 0 aliphatic heterocycles. The number of aryl methyl sites for hydroxylation is 1. The molecule has 0 bridgehead atoms. The van der Waals surface area contributed by atoms with E-state index in [1.54, 1.807) is 12.1 Å². The van der Waals surface area contributed by atoms with E-state index in [-0.39, 0.29) is 11.4 Å². The first-order chi connectivity index (χ1) is 10.0. The third-order valence-corrected chi connectivity index (χ3v) is 2.87. The fraction of sp³-hybridized carbons (Fsp3) is 0.133. The van der Waals surface area contributed by atoms with Crippen LogP contribution in [0.4, 0.5) is 15.9 Å². The zero-order valence-electron chi connectivity index (χ0n) is 11.4. The highest BCUT2D eigenvalue weighted by Gasteiger charge is 2.10. The molecule has 21 heavy (non-hydrogen) atoms. The number of pyridine rings is 1. The molecule has 0 fully saturated rings. The topological polar surface area (TPSA) is 91.8 Å². The summed E-state index contributed by atoms with van der Waals surface area (Å²) in [6, 6.07) is 8.62. The highest BCUT2D eigenvalue weighted by atomic mass is 19.1.